The predicted molar refractivity (Wildman–Crippen MR) is 158 cm³/mol. The molecule has 0 unspecified atom stereocenters. The maximum absolute atomic E-state index is 11.0. The van der Waals surface area contributed by atoms with Crippen molar-refractivity contribution >= 4 is 16.8 Å². The van der Waals surface area contributed by atoms with E-state index in [-0.39, 0.29) is 19.8 Å². The Hall–Kier alpha value is -4.43. The first-order valence-electron chi connectivity index (χ1n) is 12.4. The van der Waals surface area contributed by atoms with Crippen LogP contribution in [0.4, 0.5) is 0 Å². The molecule has 5 heterocycles. The number of hydrogen-bond donors (Lipinski definition) is 0. The van der Waals surface area contributed by atoms with E-state index in [4.69, 9.17) is 11.6 Å². The zero-order valence-corrected chi connectivity index (χ0v) is 25.4. The van der Waals surface area contributed by atoms with E-state index in [0.29, 0.717) is 5.56 Å². The Labute approximate surface area is 257 Å². The molecule has 0 atom stereocenters. The number of carbonyl (C=O) groups excluding carboxylic acids is 1. The molecule has 41 heavy (non-hydrogen) atoms. The minimum atomic E-state index is -0.470. The van der Waals surface area contributed by atoms with Gasteiger partial charge in [0.2, 0.25) is 5.24 Å². The molecule has 0 amide bonds. The smallest absolute Gasteiger partial charge is 0.305 e. The first kappa shape index (κ1) is 31.1. The number of rotatable bonds is 4. The summed E-state index contributed by atoms with van der Waals surface area (Å²) in [7, 11) is 0. The molecule has 0 fully saturated rings. The third-order valence-corrected chi connectivity index (χ3v) is 5.62. The molecule has 6 rings (SSSR count). The molecule has 1 aromatic carbocycles. The van der Waals surface area contributed by atoms with E-state index in [2.05, 4.69) is 31.0 Å². The van der Waals surface area contributed by atoms with Crippen LogP contribution >= 0.6 is 11.6 Å². The molecule has 0 aliphatic heterocycles. The SMILES string of the molecule is Cc1ccnc(-c2[c-]ccc(C(=O)Cl)c2)c1.[Os+].c1ccc(-c2ccccn2)nc1.c1ccc(-c2ccccn2)nc1. The van der Waals surface area contributed by atoms with Crippen molar-refractivity contribution in [3.05, 3.63) is 151 Å². The fourth-order valence-corrected chi connectivity index (χ4v) is 3.59. The van der Waals surface area contributed by atoms with Gasteiger partial charge in [-0.2, -0.15) is 0 Å². The molecule has 203 valence electrons. The summed E-state index contributed by atoms with van der Waals surface area (Å²) in [6, 6.07) is 35.1. The summed E-state index contributed by atoms with van der Waals surface area (Å²) in [5.74, 6) is 0. The Morgan fingerprint density at radius 1 is 0.585 bits per heavy atom. The third-order valence-electron chi connectivity index (χ3n) is 5.40. The van der Waals surface area contributed by atoms with Crippen LogP contribution in [-0.4, -0.2) is 30.2 Å². The molecule has 0 saturated heterocycles. The van der Waals surface area contributed by atoms with Gasteiger partial charge in [0.1, 0.15) is 0 Å². The van der Waals surface area contributed by atoms with Crippen molar-refractivity contribution in [2.45, 2.75) is 6.92 Å². The number of aromatic nitrogens is 5. The molecule has 0 N–H and O–H groups in total. The molecular formula is C33H25ClN5OOs. The fourth-order valence-electron chi connectivity index (χ4n) is 3.48. The summed E-state index contributed by atoms with van der Waals surface area (Å²) in [6.45, 7) is 1.99. The molecule has 5 aromatic heterocycles. The van der Waals surface area contributed by atoms with Gasteiger partial charge in [-0.05, 0) is 84.4 Å². The van der Waals surface area contributed by atoms with Crippen molar-refractivity contribution in [1.82, 2.24) is 24.9 Å². The van der Waals surface area contributed by atoms with Crippen molar-refractivity contribution in [3.63, 3.8) is 0 Å². The fraction of sp³-hybridized carbons (Fsp3) is 0.0303. The van der Waals surface area contributed by atoms with E-state index in [9.17, 15) is 4.79 Å². The molecule has 0 spiro atoms. The van der Waals surface area contributed by atoms with E-state index in [0.717, 1.165) is 39.6 Å². The van der Waals surface area contributed by atoms with Gasteiger partial charge in [-0.1, -0.05) is 35.9 Å². The zero-order valence-electron chi connectivity index (χ0n) is 22.1. The number of carbonyl (C=O) groups is 1. The molecule has 1 radical (unpaired) electrons. The second kappa shape index (κ2) is 16.6. The second-order valence-electron chi connectivity index (χ2n) is 8.34. The van der Waals surface area contributed by atoms with E-state index < -0.39 is 5.24 Å². The molecule has 8 heteroatoms. The maximum Gasteiger partial charge on any atom is 1.00 e. The van der Waals surface area contributed by atoms with Gasteiger partial charge in [0.25, 0.3) is 0 Å². The largest absolute Gasteiger partial charge is 1.00 e. The van der Waals surface area contributed by atoms with Gasteiger partial charge < -0.3 is 4.98 Å². The van der Waals surface area contributed by atoms with Gasteiger partial charge >= 0.3 is 19.8 Å². The Morgan fingerprint density at radius 2 is 1.02 bits per heavy atom. The summed E-state index contributed by atoms with van der Waals surface area (Å²) in [5, 5.41) is -0.470. The van der Waals surface area contributed by atoms with E-state index in [1.165, 1.54) is 0 Å². The van der Waals surface area contributed by atoms with Crippen LogP contribution in [0.1, 0.15) is 15.9 Å². The average molecular weight is 733 g/mol. The summed E-state index contributed by atoms with van der Waals surface area (Å²) in [4.78, 5) is 32.0. The standard InChI is InChI=1S/C13H9ClNO.2C10H8N2.Os/c1-9-5-6-15-12(7-9)10-3-2-4-11(8-10)13(14)16;2*1-3-7-11-9(5-1)10-6-2-4-8-12-10;/h2,4-8H,1H3;2*1-8H;/q-1;;;+1. The number of pyridine rings is 5. The summed E-state index contributed by atoms with van der Waals surface area (Å²) < 4.78 is 0. The monoisotopic (exact) mass is 734 g/mol. The molecule has 0 saturated carbocycles. The van der Waals surface area contributed by atoms with E-state index >= 15 is 0 Å². The first-order chi connectivity index (χ1) is 19.6. The Morgan fingerprint density at radius 3 is 1.39 bits per heavy atom. The van der Waals surface area contributed by atoms with Gasteiger partial charge in [-0.15, -0.1) is 29.8 Å². The van der Waals surface area contributed by atoms with Crippen molar-refractivity contribution in [2.75, 3.05) is 0 Å². The van der Waals surface area contributed by atoms with Crippen LogP contribution in [-0.2, 0) is 19.8 Å². The van der Waals surface area contributed by atoms with Crippen LogP contribution in [0.25, 0.3) is 34.0 Å². The number of hydrogen-bond acceptors (Lipinski definition) is 6. The van der Waals surface area contributed by atoms with E-state index in [1.807, 2.05) is 91.9 Å². The molecule has 0 aliphatic carbocycles. The summed E-state index contributed by atoms with van der Waals surface area (Å²) >= 11 is 5.42. The van der Waals surface area contributed by atoms with Gasteiger partial charge in [0.15, 0.2) is 0 Å². The average Bonchev–Trinajstić information content (AvgIpc) is 3.03. The minimum absolute atomic E-state index is 0. The predicted octanol–water partition coefficient (Wildman–Crippen LogP) is 7.52. The normalized spacial score (nSPS) is 9.61. The van der Waals surface area contributed by atoms with Crippen LogP contribution in [0, 0.1) is 13.0 Å². The number of nitrogens with zero attached hydrogens (tertiary/aromatic N) is 5. The second-order valence-corrected chi connectivity index (χ2v) is 8.69. The molecule has 0 aliphatic rings. The van der Waals surface area contributed by atoms with Crippen molar-refractivity contribution in [3.8, 4) is 34.0 Å². The molecule has 6 nitrogen and oxygen atoms in total. The van der Waals surface area contributed by atoms with Crippen LogP contribution in [0.5, 0.6) is 0 Å². The quantitative estimate of drug-likeness (QED) is 0.138. The maximum atomic E-state index is 11.0. The molecule has 6 aromatic rings. The first-order valence-corrected chi connectivity index (χ1v) is 12.8. The van der Waals surface area contributed by atoms with Crippen molar-refractivity contribution < 1.29 is 24.6 Å². The Kier molecular flexibility index (Phi) is 12.6. The summed E-state index contributed by atoms with van der Waals surface area (Å²) in [5.41, 5.74) is 6.79. The Balaban J connectivity index is 0.000000169. The van der Waals surface area contributed by atoms with Gasteiger partial charge in [0.05, 0.1) is 22.8 Å². The van der Waals surface area contributed by atoms with Crippen LogP contribution in [0.2, 0.25) is 0 Å². The van der Waals surface area contributed by atoms with Crippen molar-refractivity contribution in [2.24, 2.45) is 0 Å². The van der Waals surface area contributed by atoms with Crippen molar-refractivity contribution in [1.29, 1.82) is 0 Å². The summed E-state index contributed by atoms with van der Waals surface area (Å²) in [6.07, 6.45) is 8.80. The van der Waals surface area contributed by atoms with Gasteiger partial charge in [-0.25, -0.2) is 0 Å². The minimum Gasteiger partial charge on any atom is -0.305 e. The van der Waals surface area contributed by atoms with E-state index in [1.54, 1.807) is 49.2 Å². The third kappa shape index (κ3) is 9.92. The topological polar surface area (TPSA) is 81.5 Å². The van der Waals surface area contributed by atoms with Gasteiger partial charge in [-0.3, -0.25) is 24.7 Å². The molecule has 0 bridgehead atoms. The zero-order chi connectivity index (χ0) is 28.0. The number of halogens is 1. The Bertz CT molecular complexity index is 1470. The van der Waals surface area contributed by atoms with Crippen LogP contribution < -0.4 is 0 Å². The number of benzene rings is 1. The molecular weight excluding hydrogens is 708 g/mol. The van der Waals surface area contributed by atoms with Gasteiger partial charge in [0, 0.05) is 31.0 Å². The van der Waals surface area contributed by atoms with Crippen LogP contribution in [0.15, 0.2) is 134 Å². The van der Waals surface area contributed by atoms with Crippen LogP contribution in [0.3, 0.4) is 0 Å². The number of aryl methyl sites for hydroxylation is 1.